The second-order valence-electron chi connectivity index (χ2n) is 7.18. The standard InChI is InChI=1S/C14H26N2O/c1-12(2)11(13(12,3)4)16-10(17)8-14(9-15)6-5-7-14/h11H,5-9,15H2,1-4H3,(H,16,17). The van der Waals surface area contributed by atoms with E-state index in [2.05, 4.69) is 33.0 Å². The highest BCUT2D eigenvalue weighted by molar-refractivity contribution is 5.78. The van der Waals surface area contributed by atoms with E-state index in [4.69, 9.17) is 5.73 Å². The molecule has 2 saturated carbocycles. The Morgan fingerprint density at radius 2 is 1.76 bits per heavy atom. The first-order valence-corrected chi connectivity index (χ1v) is 6.75. The predicted octanol–water partition coefficient (Wildman–Crippen LogP) is 2.06. The third kappa shape index (κ3) is 1.88. The quantitative estimate of drug-likeness (QED) is 0.787. The number of amides is 1. The average Bonchev–Trinajstić information content (AvgIpc) is 2.55. The van der Waals surface area contributed by atoms with Crippen LogP contribution in [0.4, 0.5) is 0 Å². The Morgan fingerprint density at radius 3 is 2.06 bits per heavy atom. The van der Waals surface area contributed by atoms with Crippen LogP contribution in [0.3, 0.4) is 0 Å². The van der Waals surface area contributed by atoms with Crippen LogP contribution in [0.5, 0.6) is 0 Å². The second-order valence-corrected chi connectivity index (χ2v) is 7.18. The minimum absolute atomic E-state index is 0.118. The van der Waals surface area contributed by atoms with E-state index in [1.165, 1.54) is 6.42 Å². The maximum Gasteiger partial charge on any atom is 0.220 e. The lowest BCUT2D eigenvalue weighted by atomic mass is 9.66. The molecule has 3 N–H and O–H groups in total. The zero-order valence-corrected chi connectivity index (χ0v) is 11.6. The van der Waals surface area contributed by atoms with Gasteiger partial charge in [-0.25, -0.2) is 0 Å². The lowest BCUT2D eigenvalue weighted by molar-refractivity contribution is -0.125. The number of nitrogens with one attached hydrogen (secondary N) is 1. The molecule has 0 atom stereocenters. The monoisotopic (exact) mass is 238 g/mol. The van der Waals surface area contributed by atoms with E-state index >= 15 is 0 Å². The first-order valence-electron chi connectivity index (χ1n) is 6.75. The molecule has 1 amide bonds. The third-order valence-corrected chi connectivity index (χ3v) is 5.71. The molecule has 0 aromatic rings. The second kappa shape index (κ2) is 3.71. The van der Waals surface area contributed by atoms with Crippen molar-refractivity contribution in [2.75, 3.05) is 6.54 Å². The van der Waals surface area contributed by atoms with Crippen molar-refractivity contribution in [2.24, 2.45) is 22.0 Å². The van der Waals surface area contributed by atoms with Gasteiger partial charge in [0.15, 0.2) is 0 Å². The van der Waals surface area contributed by atoms with Gasteiger partial charge in [-0.05, 0) is 35.6 Å². The zero-order chi connectivity index (χ0) is 12.9. The fourth-order valence-electron chi connectivity index (χ4n) is 3.24. The van der Waals surface area contributed by atoms with Crippen LogP contribution >= 0.6 is 0 Å². The number of rotatable bonds is 4. The van der Waals surface area contributed by atoms with Crippen molar-refractivity contribution in [1.29, 1.82) is 0 Å². The molecule has 17 heavy (non-hydrogen) atoms. The van der Waals surface area contributed by atoms with E-state index in [0.29, 0.717) is 19.0 Å². The molecule has 3 nitrogen and oxygen atoms in total. The molecule has 2 aliphatic carbocycles. The summed E-state index contributed by atoms with van der Waals surface area (Å²) in [5, 5.41) is 3.20. The molecule has 2 aliphatic rings. The van der Waals surface area contributed by atoms with Crippen LogP contribution in [0.1, 0.15) is 53.4 Å². The highest BCUT2D eigenvalue weighted by atomic mass is 16.1. The highest BCUT2D eigenvalue weighted by Gasteiger charge is 2.65. The van der Waals surface area contributed by atoms with Gasteiger partial charge in [-0.15, -0.1) is 0 Å². The number of carbonyl (C=O) groups excluding carboxylic acids is 1. The van der Waals surface area contributed by atoms with Crippen LogP contribution in [-0.2, 0) is 4.79 Å². The third-order valence-electron chi connectivity index (χ3n) is 5.71. The first-order chi connectivity index (χ1) is 7.75. The van der Waals surface area contributed by atoms with E-state index in [9.17, 15) is 4.79 Å². The molecule has 0 saturated heterocycles. The maximum absolute atomic E-state index is 12.1. The molecule has 0 bridgehead atoms. The van der Waals surface area contributed by atoms with Gasteiger partial charge in [0.25, 0.3) is 0 Å². The summed E-state index contributed by atoms with van der Waals surface area (Å²) in [6, 6.07) is 0.317. The molecule has 0 heterocycles. The Labute approximate surface area is 105 Å². The Morgan fingerprint density at radius 1 is 1.24 bits per heavy atom. The predicted molar refractivity (Wildman–Crippen MR) is 69.4 cm³/mol. The summed E-state index contributed by atoms with van der Waals surface area (Å²) in [6.07, 6.45) is 4.08. The summed E-state index contributed by atoms with van der Waals surface area (Å²) in [5.41, 5.74) is 6.35. The smallest absolute Gasteiger partial charge is 0.220 e. The van der Waals surface area contributed by atoms with Crippen molar-refractivity contribution in [3.05, 3.63) is 0 Å². The van der Waals surface area contributed by atoms with E-state index in [1.54, 1.807) is 0 Å². The summed E-state index contributed by atoms with van der Waals surface area (Å²) < 4.78 is 0. The van der Waals surface area contributed by atoms with Crippen molar-refractivity contribution in [2.45, 2.75) is 59.4 Å². The van der Waals surface area contributed by atoms with E-state index < -0.39 is 0 Å². The fraction of sp³-hybridized carbons (Fsp3) is 0.929. The lowest BCUT2D eigenvalue weighted by Crippen LogP contribution is -2.43. The Balaban J connectivity index is 1.87. The summed E-state index contributed by atoms with van der Waals surface area (Å²) in [4.78, 5) is 12.1. The number of carbonyl (C=O) groups is 1. The van der Waals surface area contributed by atoms with Crippen LogP contribution in [0.2, 0.25) is 0 Å². The number of hydrogen-bond acceptors (Lipinski definition) is 2. The van der Waals surface area contributed by atoms with Gasteiger partial charge in [0, 0.05) is 12.5 Å². The molecule has 0 radical (unpaired) electrons. The first kappa shape index (κ1) is 12.9. The van der Waals surface area contributed by atoms with E-state index in [0.717, 1.165) is 12.8 Å². The van der Waals surface area contributed by atoms with Gasteiger partial charge in [-0.2, -0.15) is 0 Å². The number of nitrogens with two attached hydrogens (primary N) is 1. The minimum Gasteiger partial charge on any atom is -0.352 e. The number of hydrogen-bond donors (Lipinski definition) is 2. The van der Waals surface area contributed by atoms with Crippen LogP contribution < -0.4 is 11.1 Å². The molecular weight excluding hydrogens is 212 g/mol. The Kier molecular flexibility index (Phi) is 2.81. The summed E-state index contributed by atoms with van der Waals surface area (Å²) >= 11 is 0. The van der Waals surface area contributed by atoms with Gasteiger partial charge in [0.1, 0.15) is 0 Å². The normalized spacial score (nSPS) is 28.3. The zero-order valence-electron chi connectivity index (χ0n) is 11.6. The summed E-state index contributed by atoms with van der Waals surface area (Å²) in [7, 11) is 0. The van der Waals surface area contributed by atoms with Gasteiger partial charge in [0.05, 0.1) is 0 Å². The van der Waals surface area contributed by atoms with Gasteiger partial charge in [-0.1, -0.05) is 34.1 Å². The average molecular weight is 238 g/mol. The van der Waals surface area contributed by atoms with Crippen LogP contribution in [0, 0.1) is 16.2 Å². The molecule has 2 fully saturated rings. The van der Waals surface area contributed by atoms with Crippen molar-refractivity contribution in [3.8, 4) is 0 Å². The maximum atomic E-state index is 12.1. The molecule has 0 unspecified atom stereocenters. The van der Waals surface area contributed by atoms with Crippen LogP contribution in [-0.4, -0.2) is 18.5 Å². The van der Waals surface area contributed by atoms with Gasteiger partial charge < -0.3 is 11.1 Å². The van der Waals surface area contributed by atoms with Gasteiger partial charge in [-0.3, -0.25) is 4.79 Å². The topological polar surface area (TPSA) is 55.1 Å². The van der Waals surface area contributed by atoms with Gasteiger partial charge >= 0.3 is 0 Å². The molecule has 0 spiro atoms. The molecular formula is C14H26N2O. The largest absolute Gasteiger partial charge is 0.352 e. The molecule has 3 heteroatoms. The molecule has 0 aliphatic heterocycles. The van der Waals surface area contributed by atoms with E-state index in [-0.39, 0.29) is 22.2 Å². The Bertz CT molecular complexity index is 310. The van der Waals surface area contributed by atoms with Gasteiger partial charge in [0.2, 0.25) is 5.91 Å². The molecule has 98 valence electrons. The van der Waals surface area contributed by atoms with Crippen molar-refractivity contribution in [1.82, 2.24) is 5.32 Å². The van der Waals surface area contributed by atoms with Crippen LogP contribution in [0.15, 0.2) is 0 Å². The molecule has 2 rings (SSSR count). The highest BCUT2D eigenvalue weighted by Crippen LogP contribution is 2.62. The SMILES string of the molecule is CC1(C)C(NC(=O)CC2(CN)CCC2)C1(C)C. The van der Waals surface area contributed by atoms with Crippen molar-refractivity contribution < 1.29 is 4.79 Å². The lowest BCUT2D eigenvalue weighted by Gasteiger charge is -2.40. The fourth-order valence-corrected chi connectivity index (χ4v) is 3.24. The molecule has 0 aromatic carbocycles. The summed E-state index contributed by atoms with van der Waals surface area (Å²) in [5.74, 6) is 0.193. The molecule has 0 aromatic heterocycles. The minimum atomic E-state index is 0.118. The van der Waals surface area contributed by atoms with Crippen molar-refractivity contribution >= 4 is 5.91 Å². The van der Waals surface area contributed by atoms with E-state index in [1.807, 2.05) is 0 Å². The summed E-state index contributed by atoms with van der Waals surface area (Å²) in [6.45, 7) is 9.54. The van der Waals surface area contributed by atoms with Crippen LogP contribution in [0.25, 0.3) is 0 Å². The van der Waals surface area contributed by atoms with Crippen molar-refractivity contribution in [3.63, 3.8) is 0 Å². The Hall–Kier alpha value is -0.570.